The van der Waals surface area contributed by atoms with Gasteiger partial charge in [-0.1, -0.05) is 27.7 Å². The van der Waals surface area contributed by atoms with Crippen LogP contribution in [0, 0.1) is 11.6 Å². The lowest BCUT2D eigenvalue weighted by atomic mass is 10.1. The van der Waals surface area contributed by atoms with E-state index in [1.807, 2.05) is 6.26 Å². The Morgan fingerprint density at radius 2 is 2.10 bits per heavy atom. The summed E-state index contributed by atoms with van der Waals surface area (Å²) in [5.41, 5.74) is 0.246. The number of ketones is 1. The van der Waals surface area contributed by atoms with Crippen molar-refractivity contribution >= 4 is 33.5 Å². The summed E-state index contributed by atoms with van der Waals surface area (Å²) in [4.78, 5) is 19.6. The molecule has 1 unspecified atom stereocenters. The van der Waals surface area contributed by atoms with Gasteiger partial charge in [-0.2, -0.15) is 0 Å². The molecule has 0 spiro atoms. The van der Waals surface area contributed by atoms with Gasteiger partial charge in [0.05, 0.1) is 11.3 Å². The Bertz CT molecular complexity index is 654. The average Bonchev–Trinajstić information content (AvgIpc) is 2.46. The van der Waals surface area contributed by atoms with Crippen LogP contribution >= 0.6 is 27.7 Å². The zero-order valence-corrected chi connectivity index (χ0v) is 12.7. The maximum atomic E-state index is 13.6. The van der Waals surface area contributed by atoms with Crippen LogP contribution in [0.2, 0.25) is 0 Å². The number of hydrogen-bond donors (Lipinski definition) is 0. The fraction of sp³-hybridized carbons (Fsp3) is 0.154. The largest absolute Gasteiger partial charge is 0.292 e. The Balaban J connectivity index is 2.32. The van der Waals surface area contributed by atoms with Crippen molar-refractivity contribution in [3.8, 4) is 0 Å². The van der Waals surface area contributed by atoms with E-state index in [0.29, 0.717) is 16.9 Å². The molecule has 0 bridgehead atoms. The summed E-state index contributed by atoms with van der Waals surface area (Å²) in [6, 6.07) is 4.42. The predicted molar refractivity (Wildman–Crippen MR) is 76.2 cm³/mol. The second-order valence-electron chi connectivity index (χ2n) is 3.82. The first-order chi connectivity index (χ1) is 9.52. The van der Waals surface area contributed by atoms with Gasteiger partial charge in [-0.05, 0) is 24.5 Å². The lowest BCUT2D eigenvalue weighted by Crippen LogP contribution is -2.11. The highest BCUT2D eigenvalue weighted by Gasteiger charge is 2.23. The standard InChI is InChI=1S/C13H9BrF2N2OS/c1-20-13-17-5-4-10(18-13)11(14)12(19)8-3-2-7(15)6-9(8)16/h2-6,11H,1H3. The molecular weight excluding hydrogens is 350 g/mol. The Morgan fingerprint density at radius 3 is 2.75 bits per heavy atom. The smallest absolute Gasteiger partial charge is 0.187 e. The molecule has 0 saturated carbocycles. The summed E-state index contributed by atoms with van der Waals surface area (Å²) >= 11 is 4.53. The van der Waals surface area contributed by atoms with Crippen molar-refractivity contribution in [1.29, 1.82) is 0 Å². The molecule has 1 heterocycles. The van der Waals surface area contributed by atoms with Crippen molar-refractivity contribution in [2.75, 3.05) is 6.26 Å². The minimum atomic E-state index is -0.890. The normalized spacial score (nSPS) is 12.2. The molecule has 1 aromatic carbocycles. The molecule has 0 aliphatic heterocycles. The number of hydrogen-bond acceptors (Lipinski definition) is 4. The minimum absolute atomic E-state index is 0.183. The van der Waals surface area contributed by atoms with E-state index < -0.39 is 22.2 Å². The van der Waals surface area contributed by atoms with Gasteiger partial charge >= 0.3 is 0 Å². The second-order valence-corrected chi connectivity index (χ2v) is 5.51. The van der Waals surface area contributed by atoms with Crippen molar-refractivity contribution in [2.24, 2.45) is 0 Å². The van der Waals surface area contributed by atoms with Crippen molar-refractivity contribution < 1.29 is 13.6 Å². The molecule has 3 nitrogen and oxygen atoms in total. The van der Waals surface area contributed by atoms with Crippen LogP contribution in [0.15, 0.2) is 35.6 Å². The van der Waals surface area contributed by atoms with Crippen LogP contribution in [0.4, 0.5) is 8.78 Å². The molecule has 0 saturated heterocycles. The molecular formula is C13H9BrF2N2OS. The fourth-order valence-corrected chi connectivity index (χ4v) is 2.42. The van der Waals surface area contributed by atoms with Gasteiger partial charge in [0.15, 0.2) is 10.9 Å². The van der Waals surface area contributed by atoms with Crippen molar-refractivity contribution in [3.63, 3.8) is 0 Å². The van der Waals surface area contributed by atoms with Gasteiger partial charge in [0, 0.05) is 12.3 Å². The van der Waals surface area contributed by atoms with Crippen LogP contribution in [0.1, 0.15) is 20.9 Å². The first kappa shape index (κ1) is 15.1. The zero-order chi connectivity index (χ0) is 14.7. The topological polar surface area (TPSA) is 42.9 Å². The van der Waals surface area contributed by atoms with Crippen LogP contribution in [-0.2, 0) is 0 Å². The van der Waals surface area contributed by atoms with E-state index in [4.69, 9.17) is 0 Å². The molecule has 0 N–H and O–H groups in total. The third-order valence-corrected chi connectivity index (χ3v) is 3.97. The third-order valence-electron chi connectivity index (χ3n) is 2.52. The first-order valence-corrected chi connectivity index (χ1v) is 7.67. The number of aromatic nitrogens is 2. The summed E-state index contributed by atoms with van der Waals surface area (Å²) in [6.45, 7) is 0. The first-order valence-electron chi connectivity index (χ1n) is 5.53. The Kier molecular flexibility index (Phi) is 4.82. The second kappa shape index (κ2) is 6.41. The molecule has 20 heavy (non-hydrogen) atoms. The summed E-state index contributed by atoms with van der Waals surface area (Å²) < 4.78 is 26.5. The molecule has 2 aromatic rings. The van der Waals surface area contributed by atoms with E-state index in [1.54, 1.807) is 6.07 Å². The van der Waals surface area contributed by atoms with Crippen molar-refractivity contribution in [1.82, 2.24) is 9.97 Å². The summed E-state index contributed by atoms with van der Waals surface area (Å²) in [5.74, 6) is -2.14. The molecule has 0 aliphatic rings. The highest BCUT2D eigenvalue weighted by molar-refractivity contribution is 9.09. The van der Waals surface area contributed by atoms with Gasteiger partial charge in [0.2, 0.25) is 0 Å². The number of thioether (sulfide) groups is 1. The van der Waals surface area contributed by atoms with Gasteiger partial charge in [-0.15, -0.1) is 0 Å². The lowest BCUT2D eigenvalue weighted by Gasteiger charge is -2.09. The number of Topliss-reactive ketones (excluding diaryl/α,β-unsaturated/α-hetero) is 1. The number of nitrogens with zero attached hydrogens (tertiary/aromatic N) is 2. The highest BCUT2D eigenvalue weighted by atomic mass is 79.9. The van der Waals surface area contributed by atoms with Crippen LogP contribution in [0.5, 0.6) is 0 Å². The maximum absolute atomic E-state index is 13.6. The minimum Gasteiger partial charge on any atom is -0.292 e. The molecule has 0 fully saturated rings. The van der Waals surface area contributed by atoms with Gasteiger partial charge in [0.25, 0.3) is 0 Å². The molecule has 7 heteroatoms. The highest BCUT2D eigenvalue weighted by Crippen LogP contribution is 2.27. The molecule has 1 atom stereocenters. The summed E-state index contributed by atoms with van der Waals surface area (Å²) in [5, 5.41) is 0.513. The maximum Gasteiger partial charge on any atom is 0.187 e. The Morgan fingerprint density at radius 1 is 1.35 bits per heavy atom. The summed E-state index contributed by atoms with van der Waals surface area (Å²) in [6.07, 6.45) is 3.33. The van der Waals surface area contributed by atoms with Crippen molar-refractivity contribution in [3.05, 3.63) is 53.4 Å². The van der Waals surface area contributed by atoms with Crippen LogP contribution in [0.3, 0.4) is 0 Å². The van der Waals surface area contributed by atoms with Crippen LogP contribution in [-0.4, -0.2) is 22.0 Å². The fourth-order valence-electron chi connectivity index (χ4n) is 1.55. The Hall–Kier alpha value is -1.34. The number of rotatable bonds is 4. The Labute approximate surface area is 127 Å². The summed E-state index contributed by atoms with van der Waals surface area (Å²) in [7, 11) is 0. The molecule has 104 valence electrons. The number of carbonyl (C=O) groups is 1. The molecule has 0 amide bonds. The SMILES string of the molecule is CSc1nccc(C(Br)C(=O)c2ccc(F)cc2F)n1. The van der Waals surface area contributed by atoms with Gasteiger partial charge in [0.1, 0.15) is 16.5 Å². The predicted octanol–water partition coefficient (Wildman–Crippen LogP) is 3.80. The van der Waals surface area contributed by atoms with Gasteiger partial charge < -0.3 is 0 Å². The van der Waals surface area contributed by atoms with Gasteiger partial charge in [-0.25, -0.2) is 18.7 Å². The van der Waals surface area contributed by atoms with Crippen molar-refractivity contribution in [2.45, 2.75) is 9.98 Å². The molecule has 0 aliphatic carbocycles. The van der Waals surface area contributed by atoms with E-state index in [2.05, 4.69) is 25.9 Å². The molecule has 2 rings (SSSR count). The average molecular weight is 359 g/mol. The third kappa shape index (κ3) is 3.21. The van der Waals surface area contributed by atoms with E-state index >= 15 is 0 Å². The van der Waals surface area contributed by atoms with E-state index in [1.165, 1.54) is 18.0 Å². The van der Waals surface area contributed by atoms with E-state index in [-0.39, 0.29) is 5.56 Å². The number of benzene rings is 1. The molecule has 0 radical (unpaired) electrons. The monoisotopic (exact) mass is 358 g/mol. The van der Waals surface area contributed by atoms with Crippen LogP contribution < -0.4 is 0 Å². The van der Waals surface area contributed by atoms with Crippen LogP contribution in [0.25, 0.3) is 0 Å². The number of alkyl halides is 1. The lowest BCUT2D eigenvalue weighted by molar-refractivity contribution is 0.0986. The zero-order valence-electron chi connectivity index (χ0n) is 10.3. The van der Waals surface area contributed by atoms with E-state index in [9.17, 15) is 13.6 Å². The number of carbonyl (C=O) groups excluding carboxylic acids is 1. The van der Waals surface area contributed by atoms with E-state index in [0.717, 1.165) is 12.1 Å². The van der Waals surface area contributed by atoms with Gasteiger partial charge in [-0.3, -0.25) is 4.79 Å². The number of halogens is 3. The quantitative estimate of drug-likeness (QED) is 0.361. The molecule has 1 aromatic heterocycles.